The number of rotatable bonds is 16. The average Bonchev–Trinajstić information content (AvgIpc) is 1.80. The summed E-state index contributed by atoms with van der Waals surface area (Å²) in [4.78, 5) is 57.4. The number of ether oxygens (including phenoxy) is 8. The van der Waals surface area contributed by atoms with Gasteiger partial charge in [0.2, 0.25) is 0 Å². The lowest BCUT2D eigenvalue weighted by Gasteiger charge is -2.27. The largest absolute Gasteiger partial charge is 0.453 e. The molecule has 0 saturated carbocycles. The van der Waals surface area contributed by atoms with Crippen LogP contribution in [0.4, 0.5) is 0 Å². The number of nitrogens with zero attached hydrogens (tertiary/aromatic N) is 12. The lowest BCUT2D eigenvalue weighted by Crippen LogP contribution is -2.32. The first-order valence-electron chi connectivity index (χ1n) is 41.1. The van der Waals surface area contributed by atoms with Crippen LogP contribution < -0.4 is 78.9 Å². The Labute approximate surface area is 688 Å². The Balaban J connectivity index is 0.942. The van der Waals surface area contributed by atoms with E-state index in [1.54, 1.807) is 92.9 Å². The van der Waals surface area contributed by atoms with Gasteiger partial charge >= 0.3 is 22.8 Å². The van der Waals surface area contributed by atoms with Crippen molar-refractivity contribution in [2.75, 3.05) is 0 Å². The van der Waals surface area contributed by atoms with Crippen molar-refractivity contribution in [3.8, 4) is 92.0 Å². The van der Waals surface area contributed by atoms with Gasteiger partial charge < -0.3 is 37.9 Å². The number of hydrogen-bond acceptors (Lipinski definition) is 12. The maximum atomic E-state index is 14.3. The third-order valence-electron chi connectivity index (χ3n) is 25.3. The summed E-state index contributed by atoms with van der Waals surface area (Å²) in [6.45, 7) is 2.62. The smallest absolute Gasteiger partial charge is 0.328 e. The van der Waals surface area contributed by atoms with Crippen LogP contribution in [0.2, 0.25) is 0 Å². The molecular formula is C96H88N12O12+4. The fourth-order valence-corrected chi connectivity index (χ4v) is 19.0. The zero-order valence-electron chi connectivity index (χ0n) is 68.1. The number of aryl methyl sites for hydroxylation is 12. The summed E-state index contributed by atoms with van der Waals surface area (Å²) in [6.07, 6.45) is 22.7. The van der Waals surface area contributed by atoms with E-state index in [-0.39, 0.29) is 48.4 Å². The molecule has 8 bridgehead atoms. The monoisotopic (exact) mass is 1600 g/mol. The minimum atomic E-state index is -0.228. The second kappa shape index (κ2) is 28.9. The lowest BCUT2D eigenvalue weighted by atomic mass is 9.80. The zero-order chi connectivity index (χ0) is 81.6. The van der Waals surface area contributed by atoms with Crippen molar-refractivity contribution in [3.63, 3.8) is 0 Å². The molecule has 8 aromatic carbocycles. The second-order valence-electron chi connectivity index (χ2n) is 32.4. The highest BCUT2D eigenvalue weighted by molar-refractivity contribution is 5.86. The van der Waals surface area contributed by atoms with Crippen molar-refractivity contribution in [2.24, 2.45) is 56.4 Å². The van der Waals surface area contributed by atoms with Crippen LogP contribution in [0, 0.1) is 0 Å². The van der Waals surface area contributed by atoms with Gasteiger partial charge in [-0.05, 0) is 47.9 Å². The van der Waals surface area contributed by atoms with Crippen LogP contribution in [-0.2, 0) is 134 Å². The molecule has 120 heavy (non-hydrogen) atoms. The standard InChI is InChI=1S/C96H88N12O12/c1-97-69-45-85-86(46-70(69)98(2)93(97)109)114-78-54-80-64-43-66-60(28-24-40-108-35-19-12-20-36-108)68-44-67-59(27-23-39-107-33-17-11-18-34-107)65-42-63-57(25-21-37-105-29-13-9-14-30-105)61(41-62(78)58(64)26-22-38-106-31-15-10-16-32-106)77(113-85)53-79(63)115-87-47-71-72(100(4)94(110)99(71)3)48-88(87)117-81(65)55-83(67)119-91-51-75-76(104(8)96(112)103(75)7)52-92(91)120-84(68)56-82(66)118-90-50-74-73(49-89(90)116-80)101(5)95(111)102(74)6/h9-20,29-36,45-56H,21-28,37-44H2,1-8H3/q+4. The molecule has 0 spiro atoms. The Morgan fingerprint density at radius 2 is 0.367 bits per heavy atom. The third kappa shape index (κ3) is 12.4. The van der Waals surface area contributed by atoms with E-state index < -0.39 is 0 Å². The minimum absolute atomic E-state index is 0.228. The molecule has 12 heterocycles. The molecule has 600 valence electrons. The summed E-state index contributed by atoms with van der Waals surface area (Å²) in [6, 6.07) is 47.9. The van der Waals surface area contributed by atoms with Gasteiger partial charge in [-0.2, -0.15) is 0 Å². The molecule has 5 aliphatic rings. The van der Waals surface area contributed by atoms with E-state index in [0.717, 1.165) is 66.8 Å². The van der Waals surface area contributed by atoms with Gasteiger partial charge in [-0.1, -0.05) is 24.3 Å². The van der Waals surface area contributed by atoms with E-state index in [4.69, 9.17) is 37.9 Å². The molecule has 1 aliphatic carbocycles. The fourth-order valence-electron chi connectivity index (χ4n) is 19.0. The first kappa shape index (κ1) is 73.5. The molecule has 4 aliphatic heterocycles. The number of benzene rings is 8. The van der Waals surface area contributed by atoms with Gasteiger partial charge in [0.05, 0.1) is 44.1 Å². The van der Waals surface area contributed by atoms with E-state index in [0.29, 0.717) is 214 Å². The Kier molecular flexibility index (Phi) is 17.7. The number of aromatic nitrogens is 12. The SMILES string of the molecule is Cn1c(=O)n(C)c2cc3c(cc21)Oc1cc2c4c(CCC[n+]5ccccc5)c1Cc1c(cc5c(c1CCC[n+]1ccccc1)Cc1c(cc6c(c1CCC[n+]1ccccc1)Cc1c(cc(c(c1CCC[n+]1ccccc1)C4)Oc1cc4c(cc1O2)n(C)c(=O)n4C)Oc1cc2c(cc1O6)n(C)c(=O)n2C)Oc1cc2c(cc1O5)n(C)c(=O)n2C)O3. The predicted molar refractivity (Wildman–Crippen MR) is 450 cm³/mol. The summed E-state index contributed by atoms with van der Waals surface area (Å²) in [7, 11) is 14.1. The van der Waals surface area contributed by atoms with Crippen LogP contribution in [0.5, 0.6) is 92.0 Å². The van der Waals surface area contributed by atoms with Crippen LogP contribution in [0.1, 0.15) is 92.4 Å². The highest BCUT2D eigenvalue weighted by atomic mass is 16.5. The number of hydrogen-bond donors (Lipinski definition) is 0. The predicted octanol–water partition coefficient (Wildman–Crippen LogP) is 14.4. The summed E-state index contributed by atoms with van der Waals surface area (Å²) < 4.78 is 84.1. The first-order chi connectivity index (χ1) is 58.4. The van der Waals surface area contributed by atoms with Gasteiger partial charge in [0.1, 0.15) is 72.2 Å². The van der Waals surface area contributed by atoms with E-state index >= 15 is 0 Å². The van der Waals surface area contributed by atoms with Gasteiger partial charge in [-0.15, -0.1) is 0 Å². The van der Waals surface area contributed by atoms with E-state index in [2.05, 4.69) is 116 Å². The molecular weight excluding hydrogens is 1510 g/mol. The van der Waals surface area contributed by atoms with Gasteiger partial charge in [0.15, 0.2) is 95.6 Å². The highest BCUT2D eigenvalue weighted by Gasteiger charge is 2.38. The van der Waals surface area contributed by atoms with Crippen LogP contribution in [0.3, 0.4) is 0 Å². The fraction of sp³-hybridized carbons (Fsp3) is 0.250. The summed E-state index contributed by atoms with van der Waals surface area (Å²) >= 11 is 0. The molecule has 0 amide bonds. The van der Waals surface area contributed by atoms with Gasteiger partial charge in [0, 0.05) is 274 Å². The number of fused-ring (bicyclic) bond motifs is 8. The maximum Gasteiger partial charge on any atom is 0.328 e. The van der Waals surface area contributed by atoms with Gasteiger partial charge in [-0.3, -0.25) is 36.5 Å². The molecule has 8 aromatic heterocycles. The third-order valence-corrected chi connectivity index (χ3v) is 25.3. The van der Waals surface area contributed by atoms with Crippen LogP contribution in [-0.4, -0.2) is 36.5 Å². The van der Waals surface area contributed by atoms with Crippen molar-refractivity contribution >= 4 is 44.1 Å². The molecule has 0 atom stereocenters. The topological polar surface area (TPSA) is 197 Å². The Hall–Kier alpha value is -14.2. The molecule has 0 radical (unpaired) electrons. The molecule has 0 unspecified atom stereocenters. The quantitative estimate of drug-likeness (QED) is 0.0831. The lowest BCUT2D eigenvalue weighted by molar-refractivity contribution is -0.697. The number of imidazole rings is 4. The average molecular weight is 1600 g/mol. The second-order valence-corrected chi connectivity index (χ2v) is 32.4. The van der Waals surface area contributed by atoms with Crippen LogP contribution >= 0.6 is 0 Å². The van der Waals surface area contributed by atoms with E-state index in [9.17, 15) is 19.2 Å². The summed E-state index contributed by atoms with van der Waals surface area (Å²) in [5, 5.41) is 0. The minimum Gasteiger partial charge on any atom is -0.453 e. The van der Waals surface area contributed by atoms with Gasteiger partial charge in [-0.25, -0.2) is 37.4 Å². The van der Waals surface area contributed by atoms with Crippen LogP contribution in [0.15, 0.2) is 214 Å². The Morgan fingerprint density at radius 3 is 0.517 bits per heavy atom. The van der Waals surface area contributed by atoms with E-state index in [1.165, 1.54) is 0 Å². The highest BCUT2D eigenvalue weighted by Crippen LogP contribution is 2.57. The van der Waals surface area contributed by atoms with Crippen molar-refractivity contribution in [1.29, 1.82) is 0 Å². The van der Waals surface area contributed by atoms with E-state index in [1.807, 2.05) is 97.1 Å². The molecule has 24 heteroatoms. The summed E-state index contributed by atoms with van der Waals surface area (Å²) in [5.74, 6) is 6.78. The summed E-state index contributed by atoms with van der Waals surface area (Å²) in [5.41, 5.74) is 15.1. The number of pyridine rings is 4. The zero-order valence-corrected chi connectivity index (χ0v) is 68.1. The molecule has 21 rings (SSSR count). The molecule has 24 nitrogen and oxygen atoms in total. The normalized spacial score (nSPS) is 13.3. The molecule has 0 saturated heterocycles. The Bertz CT molecular complexity index is 6090. The Morgan fingerprint density at radius 1 is 0.217 bits per heavy atom. The van der Waals surface area contributed by atoms with Crippen LogP contribution in [0.25, 0.3) is 44.1 Å². The van der Waals surface area contributed by atoms with Crippen molar-refractivity contribution in [1.82, 2.24) is 36.5 Å². The van der Waals surface area contributed by atoms with Crippen molar-refractivity contribution in [3.05, 3.63) is 304 Å². The molecule has 0 fully saturated rings. The first-order valence-corrected chi connectivity index (χ1v) is 41.1. The molecule has 16 aromatic rings. The van der Waals surface area contributed by atoms with Gasteiger partial charge in [0.25, 0.3) is 0 Å². The van der Waals surface area contributed by atoms with Crippen molar-refractivity contribution in [2.45, 2.75) is 103 Å². The maximum absolute atomic E-state index is 14.3. The van der Waals surface area contributed by atoms with Crippen molar-refractivity contribution < 1.29 is 56.2 Å². The molecule has 0 N–H and O–H groups in total.